The van der Waals surface area contributed by atoms with Gasteiger partial charge in [-0.15, -0.1) is 0 Å². The highest BCUT2D eigenvalue weighted by molar-refractivity contribution is 7.92. The Hall–Kier alpha value is -3.59. The van der Waals surface area contributed by atoms with Crippen molar-refractivity contribution in [2.75, 3.05) is 10.0 Å². The number of hydrogen-bond acceptors (Lipinski definition) is 4. The van der Waals surface area contributed by atoms with Gasteiger partial charge < -0.3 is 10.4 Å². The van der Waals surface area contributed by atoms with Gasteiger partial charge in [0.1, 0.15) is 11.6 Å². The molecule has 4 rings (SSSR count). The first-order valence-corrected chi connectivity index (χ1v) is 12.3. The molecule has 0 bridgehead atoms. The molecule has 3 N–H and O–H groups in total. The average Bonchev–Trinajstić information content (AvgIpc) is 2.81. The van der Waals surface area contributed by atoms with Gasteiger partial charge in [-0.05, 0) is 83.9 Å². The number of phenols is 1. The fourth-order valence-electron chi connectivity index (χ4n) is 3.25. The number of aromatic hydroxyl groups is 1. The monoisotopic (exact) mass is 530 g/mol. The molecule has 4 aromatic rings. The number of amides is 1. The molecule has 1 amide bonds. The van der Waals surface area contributed by atoms with Crippen molar-refractivity contribution in [1.29, 1.82) is 0 Å². The summed E-state index contributed by atoms with van der Waals surface area (Å²) < 4.78 is 40.5. The van der Waals surface area contributed by atoms with Crippen molar-refractivity contribution < 1.29 is 22.7 Å². The van der Waals surface area contributed by atoms with Crippen LogP contribution in [0.25, 0.3) is 11.1 Å². The summed E-state index contributed by atoms with van der Waals surface area (Å²) in [7, 11) is -4.10. The first-order chi connectivity index (χ1) is 16.6. The Balaban J connectivity index is 1.51. The predicted molar refractivity (Wildman–Crippen MR) is 135 cm³/mol. The molecule has 0 aromatic heterocycles. The number of carbonyl (C=O) groups is 1. The van der Waals surface area contributed by atoms with Crippen LogP contribution in [0.1, 0.15) is 10.4 Å². The summed E-state index contributed by atoms with van der Waals surface area (Å²) in [4.78, 5) is 12.5. The van der Waals surface area contributed by atoms with Gasteiger partial charge >= 0.3 is 0 Å². The molecule has 0 spiro atoms. The van der Waals surface area contributed by atoms with Crippen LogP contribution in [-0.4, -0.2) is 19.4 Å². The predicted octanol–water partition coefficient (Wildman–Crippen LogP) is 6.56. The molecule has 0 fully saturated rings. The van der Waals surface area contributed by atoms with Crippen LogP contribution in [-0.2, 0) is 10.0 Å². The quantitative estimate of drug-likeness (QED) is 0.194. The molecule has 0 aliphatic heterocycles. The number of sulfonamides is 1. The van der Waals surface area contributed by atoms with E-state index >= 15 is 0 Å². The minimum absolute atomic E-state index is 0.152. The molecule has 6 nitrogen and oxygen atoms in total. The van der Waals surface area contributed by atoms with E-state index in [1.54, 1.807) is 42.5 Å². The van der Waals surface area contributed by atoms with E-state index in [0.717, 1.165) is 35.4 Å². The van der Waals surface area contributed by atoms with Crippen LogP contribution in [0.2, 0.25) is 10.0 Å². The summed E-state index contributed by atoms with van der Waals surface area (Å²) in [6.45, 7) is 0. The van der Waals surface area contributed by atoms with Crippen molar-refractivity contribution in [1.82, 2.24) is 0 Å². The first kappa shape index (κ1) is 24.5. The second-order valence-corrected chi connectivity index (χ2v) is 10.0. The second kappa shape index (κ2) is 9.95. The average molecular weight is 531 g/mol. The van der Waals surface area contributed by atoms with Crippen molar-refractivity contribution in [3.05, 3.63) is 106 Å². The zero-order valence-electron chi connectivity index (χ0n) is 17.8. The second-order valence-electron chi connectivity index (χ2n) is 7.48. The van der Waals surface area contributed by atoms with Gasteiger partial charge in [0.2, 0.25) is 0 Å². The summed E-state index contributed by atoms with van der Waals surface area (Å²) in [5.41, 5.74) is 2.05. The third-order valence-corrected chi connectivity index (χ3v) is 6.78. The maximum Gasteiger partial charge on any atom is 0.262 e. The lowest BCUT2D eigenvalue weighted by Crippen LogP contribution is -2.14. The molecule has 0 aliphatic carbocycles. The SMILES string of the molecule is O=C(Nc1ccc(O)c(NS(=O)(=O)c2ccc(F)cc2)c1)c1ccc(-c2cc(Cl)cc(Cl)c2)cc1. The molecule has 0 radical (unpaired) electrons. The highest BCUT2D eigenvalue weighted by Crippen LogP contribution is 2.30. The van der Waals surface area contributed by atoms with Gasteiger partial charge in [-0.2, -0.15) is 0 Å². The van der Waals surface area contributed by atoms with E-state index in [0.29, 0.717) is 15.6 Å². The largest absolute Gasteiger partial charge is 0.506 e. The number of phenolic OH excluding ortho intramolecular Hbond substituents is 1. The maximum atomic E-state index is 13.1. The van der Waals surface area contributed by atoms with Crippen LogP contribution < -0.4 is 10.0 Å². The number of hydrogen-bond donors (Lipinski definition) is 3. The highest BCUT2D eigenvalue weighted by atomic mass is 35.5. The van der Waals surface area contributed by atoms with Crippen molar-refractivity contribution in [3.63, 3.8) is 0 Å². The normalized spacial score (nSPS) is 11.2. The molecule has 10 heteroatoms. The number of anilines is 2. The Morgan fingerprint density at radius 1 is 0.800 bits per heavy atom. The summed E-state index contributed by atoms with van der Waals surface area (Å²) in [6.07, 6.45) is 0. The molecule has 35 heavy (non-hydrogen) atoms. The maximum absolute atomic E-state index is 13.1. The Kier molecular flexibility index (Phi) is 6.98. The minimum Gasteiger partial charge on any atom is -0.506 e. The summed E-state index contributed by atoms with van der Waals surface area (Å²) in [5.74, 6) is -1.38. The van der Waals surface area contributed by atoms with Crippen molar-refractivity contribution in [2.45, 2.75) is 4.90 Å². The Morgan fingerprint density at radius 3 is 2.06 bits per heavy atom. The zero-order chi connectivity index (χ0) is 25.2. The number of halogens is 3. The molecular formula is C25H17Cl2FN2O4S. The van der Waals surface area contributed by atoms with Crippen molar-refractivity contribution in [2.24, 2.45) is 0 Å². The molecule has 178 valence electrons. The van der Waals surface area contributed by atoms with E-state index in [2.05, 4.69) is 10.0 Å². The van der Waals surface area contributed by atoms with Crippen molar-refractivity contribution in [3.8, 4) is 16.9 Å². The van der Waals surface area contributed by atoms with Crippen LogP contribution in [0.3, 0.4) is 0 Å². The third kappa shape index (κ3) is 5.92. The smallest absolute Gasteiger partial charge is 0.262 e. The van der Waals surface area contributed by atoms with E-state index in [4.69, 9.17) is 23.2 Å². The van der Waals surface area contributed by atoms with E-state index < -0.39 is 21.7 Å². The number of carbonyl (C=O) groups excluding carboxylic acids is 1. The van der Waals surface area contributed by atoms with Gasteiger partial charge in [-0.3, -0.25) is 9.52 Å². The highest BCUT2D eigenvalue weighted by Gasteiger charge is 2.17. The van der Waals surface area contributed by atoms with Crippen molar-refractivity contribution >= 4 is 50.5 Å². The van der Waals surface area contributed by atoms with Crippen LogP contribution >= 0.6 is 23.2 Å². The van der Waals surface area contributed by atoms with Gasteiger partial charge in [0.15, 0.2) is 0 Å². The zero-order valence-corrected chi connectivity index (χ0v) is 20.1. The van der Waals surface area contributed by atoms with Gasteiger partial charge in [0, 0.05) is 21.3 Å². The molecule has 4 aromatic carbocycles. The first-order valence-electron chi connectivity index (χ1n) is 10.1. The summed E-state index contributed by atoms with van der Waals surface area (Å²) in [6, 6.07) is 20.0. The standard InChI is InChI=1S/C25H17Cl2FN2O4S/c26-18-11-17(12-19(27)13-18)15-1-3-16(4-2-15)25(32)29-21-7-10-24(31)23(14-21)30-35(33,34)22-8-5-20(28)6-9-22/h1-14,30-31H,(H,29,32). The number of nitrogens with one attached hydrogen (secondary N) is 2. The van der Waals surface area contributed by atoms with Gasteiger partial charge in [0.05, 0.1) is 10.6 Å². The molecule has 0 saturated heterocycles. The van der Waals surface area contributed by atoms with Crippen LogP contribution in [0.5, 0.6) is 5.75 Å². The number of benzene rings is 4. The van der Waals surface area contributed by atoms with E-state index in [1.165, 1.54) is 18.2 Å². The molecule has 0 atom stereocenters. The molecule has 0 aliphatic rings. The molecular weight excluding hydrogens is 514 g/mol. The van der Waals surface area contributed by atoms with E-state index in [9.17, 15) is 22.7 Å². The molecule has 0 unspecified atom stereocenters. The third-order valence-electron chi connectivity index (χ3n) is 4.97. The van der Waals surface area contributed by atoms with E-state index in [1.807, 2.05) is 0 Å². The topological polar surface area (TPSA) is 95.5 Å². The van der Waals surface area contributed by atoms with Crippen LogP contribution in [0, 0.1) is 5.82 Å². The Bertz CT molecular complexity index is 1490. The van der Waals surface area contributed by atoms with Gasteiger partial charge in [-0.25, -0.2) is 12.8 Å². The summed E-state index contributed by atoms with van der Waals surface area (Å²) in [5, 5.41) is 13.7. The van der Waals surface area contributed by atoms with Crippen LogP contribution in [0.4, 0.5) is 15.8 Å². The minimum atomic E-state index is -4.10. The van der Waals surface area contributed by atoms with Gasteiger partial charge in [0.25, 0.3) is 15.9 Å². The number of rotatable bonds is 6. The van der Waals surface area contributed by atoms with E-state index in [-0.39, 0.29) is 22.0 Å². The Morgan fingerprint density at radius 2 is 1.43 bits per heavy atom. The van der Waals surface area contributed by atoms with Gasteiger partial charge in [-0.1, -0.05) is 35.3 Å². The molecule has 0 heterocycles. The lowest BCUT2D eigenvalue weighted by Gasteiger charge is -2.12. The Labute approximate surface area is 211 Å². The van der Waals surface area contributed by atoms with Crippen LogP contribution in [0.15, 0.2) is 89.8 Å². The summed E-state index contributed by atoms with van der Waals surface area (Å²) >= 11 is 12.1. The lowest BCUT2D eigenvalue weighted by atomic mass is 10.0. The lowest BCUT2D eigenvalue weighted by molar-refractivity contribution is 0.102. The fourth-order valence-corrected chi connectivity index (χ4v) is 4.84. The molecule has 0 saturated carbocycles. The fraction of sp³-hybridized carbons (Fsp3) is 0.